The van der Waals surface area contributed by atoms with Gasteiger partial charge in [0.25, 0.3) is 5.91 Å². The molecule has 29 heavy (non-hydrogen) atoms. The molecule has 5 rings (SSSR count). The molecule has 144 valence electrons. The fourth-order valence-electron chi connectivity index (χ4n) is 3.67. The number of hydrogen-bond acceptors (Lipinski definition) is 4. The van der Waals surface area contributed by atoms with Gasteiger partial charge in [-0.2, -0.15) is 0 Å². The van der Waals surface area contributed by atoms with Gasteiger partial charge in [0.15, 0.2) is 11.5 Å². The number of fused-ring (bicyclic) bond motifs is 3. The minimum Gasteiger partial charge on any atom is -0.338 e. The van der Waals surface area contributed by atoms with Gasteiger partial charge in [0, 0.05) is 28.3 Å². The Morgan fingerprint density at radius 2 is 1.79 bits per heavy atom. The Morgan fingerprint density at radius 3 is 2.59 bits per heavy atom. The maximum absolute atomic E-state index is 13.2. The molecule has 2 N–H and O–H groups in total. The van der Waals surface area contributed by atoms with E-state index in [1.54, 1.807) is 24.3 Å². The highest BCUT2D eigenvalue weighted by Crippen LogP contribution is 2.29. The molecular formula is C22H18ClN5O. The van der Waals surface area contributed by atoms with Gasteiger partial charge >= 0.3 is 0 Å². The second kappa shape index (κ2) is 7.22. The van der Waals surface area contributed by atoms with E-state index < -0.39 is 0 Å². The Labute approximate surface area is 172 Å². The molecule has 0 atom stereocenters. The van der Waals surface area contributed by atoms with Crippen molar-refractivity contribution in [3.8, 4) is 0 Å². The van der Waals surface area contributed by atoms with Crippen LogP contribution >= 0.6 is 11.6 Å². The van der Waals surface area contributed by atoms with Crippen molar-refractivity contribution < 1.29 is 4.79 Å². The number of aromatic nitrogens is 3. The number of para-hydroxylation sites is 1. The van der Waals surface area contributed by atoms with Gasteiger partial charge in [-0.05, 0) is 61.2 Å². The molecule has 0 saturated heterocycles. The van der Waals surface area contributed by atoms with Crippen LogP contribution in [0, 0.1) is 0 Å². The summed E-state index contributed by atoms with van der Waals surface area (Å²) >= 11 is 5.95. The third-order valence-electron chi connectivity index (χ3n) is 5.06. The quantitative estimate of drug-likeness (QED) is 0.510. The first-order chi connectivity index (χ1) is 14.2. The lowest BCUT2D eigenvalue weighted by atomic mass is 10.2. The van der Waals surface area contributed by atoms with Crippen molar-refractivity contribution in [2.24, 2.45) is 0 Å². The van der Waals surface area contributed by atoms with Crippen molar-refractivity contribution in [3.05, 3.63) is 82.6 Å². The van der Waals surface area contributed by atoms with Gasteiger partial charge in [-0.15, -0.1) is 5.10 Å². The molecule has 0 unspecified atom stereocenters. The van der Waals surface area contributed by atoms with Crippen molar-refractivity contribution >= 4 is 40.3 Å². The molecule has 2 aromatic heterocycles. The molecule has 0 saturated carbocycles. The number of rotatable bonds is 4. The Kier molecular flexibility index (Phi) is 4.41. The molecule has 1 amide bonds. The Hall–Kier alpha value is -3.38. The highest BCUT2D eigenvalue weighted by Gasteiger charge is 2.25. The molecule has 0 bridgehead atoms. The Bertz CT molecular complexity index is 1200. The minimum absolute atomic E-state index is 0.272. The van der Waals surface area contributed by atoms with Crippen LogP contribution in [0.2, 0.25) is 5.02 Å². The van der Waals surface area contributed by atoms with Crippen LogP contribution in [0.5, 0.6) is 0 Å². The number of amides is 1. The predicted octanol–water partition coefficient (Wildman–Crippen LogP) is 4.87. The zero-order valence-corrected chi connectivity index (χ0v) is 16.3. The van der Waals surface area contributed by atoms with E-state index in [0.29, 0.717) is 27.7 Å². The first-order valence-corrected chi connectivity index (χ1v) is 9.85. The molecule has 1 aliphatic rings. The average Bonchev–Trinajstić information content (AvgIpc) is 3.34. The highest BCUT2D eigenvalue weighted by atomic mass is 35.5. The second-order valence-corrected chi connectivity index (χ2v) is 7.43. The van der Waals surface area contributed by atoms with Gasteiger partial charge in [0.2, 0.25) is 0 Å². The molecule has 0 radical (unpaired) electrons. The fourth-order valence-corrected chi connectivity index (χ4v) is 3.80. The molecular weight excluding hydrogens is 386 g/mol. The molecule has 7 heteroatoms. The van der Waals surface area contributed by atoms with Crippen LogP contribution in [0.25, 0.3) is 5.65 Å². The van der Waals surface area contributed by atoms with E-state index in [9.17, 15) is 4.79 Å². The van der Waals surface area contributed by atoms with Crippen LogP contribution in [-0.2, 0) is 12.8 Å². The van der Waals surface area contributed by atoms with E-state index >= 15 is 0 Å². The number of halogens is 1. The largest absolute Gasteiger partial charge is 0.338 e. The molecule has 0 fully saturated rings. The molecule has 2 heterocycles. The van der Waals surface area contributed by atoms with E-state index in [0.717, 1.165) is 30.6 Å². The summed E-state index contributed by atoms with van der Waals surface area (Å²) in [5.41, 5.74) is 4.79. The van der Waals surface area contributed by atoms with Crippen molar-refractivity contribution in [2.75, 3.05) is 10.6 Å². The van der Waals surface area contributed by atoms with Crippen LogP contribution < -0.4 is 10.6 Å². The zero-order chi connectivity index (χ0) is 19.8. The third kappa shape index (κ3) is 3.32. The summed E-state index contributed by atoms with van der Waals surface area (Å²) in [7, 11) is 0. The number of benzene rings is 2. The third-order valence-corrected chi connectivity index (χ3v) is 5.31. The van der Waals surface area contributed by atoms with E-state index in [2.05, 4.69) is 15.6 Å². The number of nitrogens with one attached hydrogen (secondary N) is 2. The number of carbonyl (C=O) groups is 1. The standard InChI is InChI=1S/C22H18ClN5O/c23-15-9-11-17(12-10-15)26-22(29)19-20(25-16-6-2-1-3-7-16)27-28-18-8-4-5-14(18)13-24-21(19)28/h1-3,6-7,9-13H,4-5,8H2,(H,25,27)(H,26,29). The van der Waals surface area contributed by atoms with Gasteiger partial charge in [-0.1, -0.05) is 29.8 Å². The van der Waals surface area contributed by atoms with Gasteiger partial charge in [-0.3, -0.25) is 4.79 Å². The van der Waals surface area contributed by atoms with Gasteiger partial charge in [-0.25, -0.2) is 9.50 Å². The number of hydrogen-bond donors (Lipinski definition) is 2. The lowest BCUT2D eigenvalue weighted by molar-refractivity contribution is 0.102. The van der Waals surface area contributed by atoms with Crippen LogP contribution in [0.3, 0.4) is 0 Å². The molecule has 0 aliphatic heterocycles. The lowest BCUT2D eigenvalue weighted by Crippen LogP contribution is -2.14. The lowest BCUT2D eigenvalue weighted by Gasteiger charge is -2.07. The normalized spacial score (nSPS) is 12.7. The number of aryl methyl sites for hydroxylation is 2. The smallest absolute Gasteiger partial charge is 0.263 e. The summed E-state index contributed by atoms with van der Waals surface area (Å²) in [5.74, 6) is 0.210. The molecule has 6 nitrogen and oxygen atoms in total. The Morgan fingerprint density at radius 1 is 1.00 bits per heavy atom. The van der Waals surface area contributed by atoms with Crippen LogP contribution in [0.15, 0.2) is 60.8 Å². The molecule has 2 aromatic carbocycles. The predicted molar refractivity (Wildman–Crippen MR) is 114 cm³/mol. The maximum atomic E-state index is 13.2. The van der Waals surface area contributed by atoms with Gasteiger partial charge in [0.1, 0.15) is 5.56 Å². The summed E-state index contributed by atoms with van der Waals surface area (Å²) in [6, 6.07) is 16.7. The molecule has 1 aliphatic carbocycles. The van der Waals surface area contributed by atoms with Crippen molar-refractivity contribution in [3.63, 3.8) is 0 Å². The first kappa shape index (κ1) is 17.7. The van der Waals surface area contributed by atoms with Crippen molar-refractivity contribution in [1.29, 1.82) is 0 Å². The molecule has 4 aromatic rings. The van der Waals surface area contributed by atoms with Crippen LogP contribution in [-0.4, -0.2) is 20.5 Å². The first-order valence-electron chi connectivity index (χ1n) is 9.47. The van der Waals surface area contributed by atoms with Crippen molar-refractivity contribution in [1.82, 2.24) is 14.6 Å². The van der Waals surface area contributed by atoms with E-state index in [1.807, 2.05) is 41.0 Å². The van der Waals surface area contributed by atoms with Crippen LogP contribution in [0.1, 0.15) is 28.0 Å². The summed E-state index contributed by atoms with van der Waals surface area (Å²) in [5, 5.41) is 11.5. The number of carbonyl (C=O) groups excluding carboxylic acids is 1. The SMILES string of the molecule is O=C(Nc1ccc(Cl)cc1)c1c(Nc2ccccc2)nn2c3c(cnc12)CCC3. The Balaban J connectivity index is 1.60. The average molecular weight is 404 g/mol. The van der Waals surface area contributed by atoms with Gasteiger partial charge in [0.05, 0.1) is 0 Å². The van der Waals surface area contributed by atoms with E-state index in [4.69, 9.17) is 16.7 Å². The summed E-state index contributed by atoms with van der Waals surface area (Å²) < 4.78 is 1.81. The monoisotopic (exact) mass is 403 g/mol. The summed E-state index contributed by atoms with van der Waals surface area (Å²) in [6.07, 6.45) is 4.86. The van der Waals surface area contributed by atoms with E-state index in [1.165, 1.54) is 5.56 Å². The molecule has 0 spiro atoms. The van der Waals surface area contributed by atoms with Crippen molar-refractivity contribution in [2.45, 2.75) is 19.3 Å². The highest BCUT2D eigenvalue weighted by molar-refractivity contribution is 6.30. The van der Waals surface area contributed by atoms with Gasteiger partial charge < -0.3 is 10.6 Å². The topological polar surface area (TPSA) is 71.3 Å². The minimum atomic E-state index is -0.272. The zero-order valence-electron chi connectivity index (χ0n) is 15.5. The summed E-state index contributed by atoms with van der Waals surface area (Å²) in [6.45, 7) is 0. The van der Waals surface area contributed by atoms with E-state index in [-0.39, 0.29) is 5.91 Å². The fraction of sp³-hybridized carbons (Fsp3) is 0.136. The maximum Gasteiger partial charge on any atom is 0.263 e. The number of anilines is 3. The summed E-state index contributed by atoms with van der Waals surface area (Å²) in [4.78, 5) is 17.8. The second-order valence-electron chi connectivity index (χ2n) is 6.99. The van der Waals surface area contributed by atoms with Crippen LogP contribution in [0.4, 0.5) is 17.2 Å². The number of nitrogens with zero attached hydrogens (tertiary/aromatic N) is 3.